The molecule has 11 heteroatoms. The zero-order valence-electron chi connectivity index (χ0n) is 26.5. The molecule has 0 saturated carbocycles. The van der Waals surface area contributed by atoms with Crippen LogP contribution < -0.4 is 33.8 Å². The topological polar surface area (TPSA) is 97.6 Å². The molecule has 2 heterocycles. The molecule has 0 saturated heterocycles. The average molecular weight is 647 g/mol. The van der Waals surface area contributed by atoms with Gasteiger partial charge in [0.2, 0.25) is 0 Å². The number of ether oxygens (including phenoxy) is 5. The number of benzene rings is 3. The van der Waals surface area contributed by atoms with E-state index in [4.69, 9.17) is 23.7 Å². The molecule has 5 rings (SSSR count). The van der Waals surface area contributed by atoms with Crippen molar-refractivity contribution in [2.45, 2.75) is 46.4 Å². The summed E-state index contributed by atoms with van der Waals surface area (Å²) in [7, 11) is 3.07. The minimum Gasteiger partial charge on any atom is -0.493 e. The van der Waals surface area contributed by atoms with Gasteiger partial charge in [-0.15, -0.1) is 0 Å². The van der Waals surface area contributed by atoms with Gasteiger partial charge in [0.1, 0.15) is 12.4 Å². The Morgan fingerprint density at radius 2 is 1.78 bits per heavy atom. The molecule has 240 valence electrons. The Labute approximate surface area is 269 Å². The third-order valence-corrected chi connectivity index (χ3v) is 8.18. The van der Waals surface area contributed by atoms with Crippen LogP contribution in [-0.2, 0) is 16.1 Å². The van der Waals surface area contributed by atoms with Crippen molar-refractivity contribution in [2.75, 3.05) is 20.8 Å². The molecule has 0 N–H and O–H groups in total. The minimum absolute atomic E-state index is 0.0872. The van der Waals surface area contributed by atoms with Crippen LogP contribution in [0.15, 0.2) is 81.7 Å². The Hall–Kier alpha value is -4.90. The van der Waals surface area contributed by atoms with Gasteiger partial charge < -0.3 is 23.7 Å². The van der Waals surface area contributed by atoms with Crippen molar-refractivity contribution in [3.8, 4) is 23.0 Å². The van der Waals surface area contributed by atoms with E-state index in [1.807, 2.05) is 26.0 Å². The number of aromatic nitrogens is 1. The molecule has 0 radical (unpaired) electrons. The van der Waals surface area contributed by atoms with Crippen molar-refractivity contribution in [3.63, 3.8) is 0 Å². The quantitative estimate of drug-likeness (QED) is 0.204. The number of hydrogen-bond donors (Lipinski definition) is 0. The van der Waals surface area contributed by atoms with Crippen molar-refractivity contribution in [1.29, 1.82) is 0 Å². The molecule has 1 aliphatic rings. The fourth-order valence-electron chi connectivity index (χ4n) is 5.15. The van der Waals surface area contributed by atoms with Crippen LogP contribution in [0.3, 0.4) is 0 Å². The number of thiazole rings is 1. The molecule has 0 bridgehead atoms. The molecule has 0 amide bonds. The van der Waals surface area contributed by atoms with Gasteiger partial charge in [0.25, 0.3) is 5.56 Å². The molecule has 0 unspecified atom stereocenters. The highest BCUT2D eigenvalue weighted by Gasteiger charge is 2.34. The summed E-state index contributed by atoms with van der Waals surface area (Å²) in [6.07, 6.45) is 1.63. The second kappa shape index (κ2) is 14.0. The molecule has 4 aromatic rings. The van der Waals surface area contributed by atoms with E-state index < -0.39 is 12.0 Å². The Kier molecular flexibility index (Phi) is 9.91. The molecule has 0 fully saturated rings. The van der Waals surface area contributed by atoms with Crippen LogP contribution in [-0.4, -0.2) is 37.5 Å². The Bertz CT molecular complexity index is 1960. The lowest BCUT2D eigenvalue weighted by molar-refractivity contribution is -0.139. The van der Waals surface area contributed by atoms with Crippen molar-refractivity contribution in [2.24, 2.45) is 4.99 Å². The normalized spacial score (nSPS) is 14.5. The summed E-state index contributed by atoms with van der Waals surface area (Å²) in [4.78, 5) is 32.6. The third kappa shape index (κ3) is 6.69. The zero-order chi connectivity index (χ0) is 33.0. The van der Waals surface area contributed by atoms with E-state index >= 15 is 0 Å². The SMILES string of the molecule is CCOC(=O)C1=C(C)N=c2s/c(=C/c3cccc(OC)c3OCc3ccc(F)cc3)c(=O)n2[C@H]1c1ccc(OC(C)C)c(OC)c1. The predicted molar refractivity (Wildman–Crippen MR) is 173 cm³/mol. The molecular formula is C35H35FN2O7S. The Balaban J connectivity index is 1.65. The molecule has 3 aromatic carbocycles. The number of para-hydroxylation sites is 1. The van der Waals surface area contributed by atoms with E-state index in [0.717, 1.165) is 5.56 Å². The molecule has 0 spiro atoms. The van der Waals surface area contributed by atoms with Crippen LogP contribution in [0.5, 0.6) is 23.0 Å². The number of methoxy groups -OCH3 is 2. The standard InChI is InChI=1S/C35H35FN2O7S/c1-7-43-34(40)30-21(4)37-35-38(31(30)23-13-16-26(45-20(2)3)28(17-23)42-6)33(39)29(46-35)18-24-9-8-10-27(41-5)32(24)44-19-22-11-14-25(36)15-12-22/h8-18,20,31H,7,19H2,1-6H3/b29-18+/t31-/m0/s1. The smallest absolute Gasteiger partial charge is 0.338 e. The highest BCUT2D eigenvalue weighted by atomic mass is 32.1. The van der Waals surface area contributed by atoms with Gasteiger partial charge in [-0.05, 0) is 75.2 Å². The van der Waals surface area contributed by atoms with Gasteiger partial charge in [0.05, 0.1) is 48.8 Å². The first kappa shape index (κ1) is 32.5. The number of nitrogens with zero attached hydrogens (tertiary/aromatic N) is 2. The average Bonchev–Trinajstić information content (AvgIpc) is 3.34. The van der Waals surface area contributed by atoms with Gasteiger partial charge in [-0.25, -0.2) is 14.2 Å². The number of hydrogen-bond acceptors (Lipinski definition) is 9. The summed E-state index contributed by atoms with van der Waals surface area (Å²) in [6, 6.07) is 15.9. The Morgan fingerprint density at radius 1 is 1.04 bits per heavy atom. The second-order valence-corrected chi connectivity index (χ2v) is 11.7. The van der Waals surface area contributed by atoms with Gasteiger partial charge in [0, 0.05) is 5.56 Å². The maximum Gasteiger partial charge on any atom is 0.338 e. The van der Waals surface area contributed by atoms with Gasteiger partial charge in [-0.1, -0.05) is 41.7 Å². The number of rotatable bonds is 11. The zero-order valence-corrected chi connectivity index (χ0v) is 27.3. The number of carbonyl (C=O) groups is 1. The highest BCUT2D eigenvalue weighted by Crippen LogP contribution is 2.37. The number of fused-ring (bicyclic) bond motifs is 1. The van der Waals surface area contributed by atoms with Gasteiger partial charge in [0.15, 0.2) is 27.8 Å². The lowest BCUT2D eigenvalue weighted by atomic mass is 9.95. The summed E-state index contributed by atoms with van der Waals surface area (Å²) >= 11 is 1.19. The predicted octanol–water partition coefficient (Wildman–Crippen LogP) is 5.32. The van der Waals surface area contributed by atoms with Crippen LogP contribution >= 0.6 is 11.3 Å². The first-order valence-corrected chi connectivity index (χ1v) is 15.5. The molecule has 1 atom stereocenters. The van der Waals surface area contributed by atoms with E-state index in [1.54, 1.807) is 56.3 Å². The maximum absolute atomic E-state index is 14.2. The maximum atomic E-state index is 14.2. The fourth-order valence-corrected chi connectivity index (χ4v) is 6.19. The van der Waals surface area contributed by atoms with Crippen LogP contribution in [0.25, 0.3) is 6.08 Å². The van der Waals surface area contributed by atoms with Crippen LogP contribution in [0.2, 0.25) is 0 Å². The summed E-state index contributed by atoms with van der Waals surface area (Å²) in [5.74, 6) is 0.996. The monoisotopic (exact) mass is 646 g/mol. The first-order chi connectivity index (χ1) is 22.1. The van der Waals surface area contributed by atoms with Crippen LogP contribution in [0, 0.1) is 5.82 Å². The van der Waals surface area contributed by atoms with E-state index in [-0.39, 0.29) is 36.3 Å². The van der Waals surface area contributed by atoms with E-state index in [1.165, 1.54) is 42.3 Å². The van der Waals surface area contributed by atoms with E-state index in [0.29, 0.717) is 49.2 Å². The number of allylic oxidation sites excluding steroid dienone is 1. The lowest BCUT2D eigenvalue weighted by Gasteiger charge is -2.25. The third-order valence-electron chi connectivity index (χ3n) is 7.20. The van der Waals surface area contributed by atoms with Gasteiger partial charge in [-0.3, -0.25) is 9.36 Å². The second-order valence-electron chi connectivity index (χ2n) is 10.7. The molecule has 9 nitrogen and oxygen atoms in total. The Morgan fingerprint density at radius 3 is 2.46 bits per heavy atom. The lowest BCUT2D eigenvalue weighted by Crippen LogP contribution is -2.40. The number of esters is 1. The van der Waals surface area contributed by atoms with Gasteiger partial charge in [-0.2, -0.15) is 0 Å². The minimum atomic E-state index is -0.834. The molecule has 1 aromatic heterocycles. The summed E-state index contributed by atoms with van der Waals surface area (Å²) in [5.41, 5.74) is 2.34. The van der Waals surface area contributed by atoms with Crippen LogP contribution in [0.1, 0.15) is 50.4 Å². The van der Waals surface area contributed by atoms with Crippen molar-refractivity contribution < 1.29 is 32.9 Å². The number of halogens is 1. The molecule has 46 heavy (non-hydrogen) atoms. The van der Waals surface area contributed by atoms with Crippen molar-refractivity contribution >= 4 is 23.4 Å². The van der Waals surface area contributed by atoms with Crippen molar-refractivity contribution in [3.05, 3.63) is 114 Å². The molecule has 0 aliphatic carbocycles. The molecule has 1 aliphatic heterocycles. The number of carbonyl (C=O) groups excluding carboxylic acids is 1. The fraction of sp³-hybridized carbons (Fsp3) is 0.286. The van der Waals surface area contributed by atoms with E-state index in [9.17, 15) is 14.0 Å². The summed E-state index contributed by atoms with van der Waals surface area (Å²) < 4.78 is 44.0. The summed E-state index contributed by atoms with van der Waals surface area (Å²) in [6.45, 7) is 7.60. The van der Waals surface area contributed by atoms with E-state index in [2.05, 4.69) is 4.99 Å². The highest BCUT2D eigenvalue weighted by molar-refractivity contribution is 7.07. The largest absolute Gasteiger partial charge is 0.493 e. The molecular weight excluding hydrogens is 611 g/mol. The van der Waals surface area contributed by atoms with Crippen molar-refractivity contribution in [1.82, 2.24) is 4.57 Å². The summed E-state index contributed by atoms with van der Waals surface area (Å²) in [5, 5.41) is 0. The first-order valence-electron chi connectivity index (χ1n) is 14.7. The van der Waals surface area contributed by atoms with Gasteiger partial charge >= 0.3 is 5.97 Å². The van der Waals surface area contributed by atoms with Crippen LogP contribution in [0.4, 0.5) is 4.39 Å².